The number of unbranched alkanes of at least 4 members (excludes halogenated alkanes) is 1. The van der Waals surface area contributed by atoms with Crippen LogP contribution in [-0.4, -0.2) is 25.9 Å². The Morgan fingerprint density at radius 2 is 1.88 bits per heavy atom. The number of carbonyl (C=O) groups is 1. The predicted octanol–water partition coefficient (Wildman–Crippen LogP) is 4.83. The van der Waals surface area contributed by atoms with Crippen LogP contribution < -0.4 is 14.4 Å². The largest absolute Gasteiger partial charge is 0.497 e. The summed E-state index contributed by atoms with van der Waals surface area (Å²) in [6.07, 6.45) is 3.44. The Morgan fingerprint density at radius 1 is 1.12 bits per heavy atom. The molecule has 0 aromatic heterocycles. The summed E-state index contributed by atoms with van der Waals surface area (Å²) in [6.45, 7) is 2.20. The van der Waals surface area contributed by atoms with E-state index < -0.39 is 0 Å². The van der Waals surface area contributed by atoms with Gasteiger partial charge in [0.05, 0.1) is 20.0 Å². The van der Waals surface area contributed by atoms with Gasteiger partial charge in [-0.25, -0.2) is 0 Å². The first-order valence-electron chi connectivity index (χ1n) is 8.92. The number of methoxy groups -OCH3 is 2. The monoisotopic (exact) mass is 371 g/mol. The minimum absolute atomic E-state index is 0.117. The van der Waals surface area contributed by atoms with Gasteiger partial charge in [-0.1, -0.05) is 25.5 Å². The van der Waals surface area contributed by atoms with Gasteiger partial charge < -0.3 is 9.47 Å². The molecule has 0 saturated carbocycles. The first kappa shape index (κ1) is 18.6. The number of carbonyl (C=O) groups excluding carboxylic acids is 1. The van der Waals surface area contributed by atoms with E-state index in [1.165, 1.54) is 18.4 Å². The normalized spacial score (nSPS) is 16.8. The third-order valence-electron chi connectivity index (χ3n) is 4.60. The van der Waals surface area contributed by atoms with E-state index in [1.807, 2.05) is 23.1 Å². The molecule has 2 aromatic rings. The molecule has 1 aliphatic rings. The van der Waals surface area contributed by atoms with Crippen LogP contribution in [0.4, 0.5) is 5.69 Å². The fourth-order valence-corrected chi connectivity index (χ4v) is 4.36. The molecule has 1 atom stereocenters. The number of amides is 1. The molecule has 2 aromatic carbocycles. The van der Waals surface area contributed by atoms with Crippen molar-refractivity contribution in [3.8, 4) is 11.5 Å². The summed E-state index contributed by atoms with van der Waals surface area (Å²) in [5.74, 6) is 2.10. The van der Waals surface area contributed by atoms with Crippen LogP contribution in [0.5, 0.6) is 11.5 Å². The Bertz CT molecular complexity index is 760. The molecule has 1 saturated heterocycles. The number of aryl methyl sites for hydroxylation is 1. The predicted molar refractivity (Wildman–Crippen MR) is 107 cm³/mol. The zero-order valence-corrected chi connectivity index (χ0v) is 16.3. The summed E-state index contributed by atoms with van der Waals surface area (Å²) in [7, 11) is 3.30. The molecule has 0 N–H and O–H groups in total. The number of nitrogens with zero attached hydrogens (tertiary/aromatic N) is 1. The second-order valence-electron chi connectivity index (χ2n) is 6.30. The smallest absolute Gasteiger partial charge is 0.238 e. The highest BCUT2D eigenvalue weighted by Gasteiger charge is 2.36. The standard InChI is InChI=1S/C21H25NO3S/c1-4-5-6-15-7-9-16(10-8-15)22-20(23)14-26-21(22)18-13-17(24-2)11-12-19(18)25-3/h7-13,21H,4-6,14H2,1-3H3/t21-/m0/s1. The quantitative estimate of drug-likeness (QED) is 0.699. The lowest BCUT2D eigenvalue weighted by Gasteiger charge is -2.26. The molecule has 5 heteroatoms. The third-order valence-corrected chi connectivity index (χ3v) is 5.80. The van der Waals surface area contributed by atoms with Crippen molar-refractivity contribution in [3.05, 3.63) is 53.6 Å². The first-order chi connectivity index (χ1) is 12.7. The second-order valence-corrected chi connectivity index (χ2v) is 7.37. The van der Waals surface area contributed by atoms with Crippen LogP contribution in [0.15, 0.2) is 42.5 Å². The molecular formula is C21H25NO3S. The highest BCUT2D eigenvalue weighted by Crippen LogP contribution is 2.45. The molecule has 0 unspecified atom stereocenters. The van der Waals surface area contributed by atoms with Gasteiger partial charge >= 0.3 is 0 Å². The maximum absolute atomic E-state index is 12.6. The maximum Gasteiger partial charge on any atom is 0.238 e. The minimum Gasteiger partial charge on any atom is -0.497 e. The van der Waals surface area contributed by atoms with E-state index in [9.17, 15) is 4.79 Å². The molecule has 1 heterocycles. The molecule has 1 fully saturated rings. The van der Waals surface area contributed by atoms with Crippen molar-refractivity contribution in [1.82, 2.24) is 0 Å². The number of anilines is 1. The first-order valence-corrected chi connectivity index (χ1v) is 9.97. The Balaban J connectivity index is 1.92. The summed E-state index contributed by atoms with van der Waals surface area (Å²) in [5, 5.41) is -0.117. The summed E-state index contributed by atoms with van der Waals surface area (Å²) >= 11 is 1.61. The van der Waals surface area contributed by atoms with Gasteiger partial charge in [0.1, 0.15) is 16.9 Å². The average molecular weight is 372 g/mol. The Labute approximate surface area is 159 Å². The van der Waals surface area contributed by atoms with Crippen LogP contribution in [0.1, 0.15) is 36.3 Å². The number of hydrogen-bond donors (Lipinski definition) is 0. The van der Waals surface area contributed by atoms with Gasteiger partial charge in [-0.15, -0.1) is 11.8 Å². The zero-order valence-electron chi connectivity index (χ0n) is 15.5. The maximum atomic E-state index is 12.6. The molecule has 4 nitrogen and oxygen atoms in total. The SMILES string of the molecule is CCCCc1ccc(N2C(=O)CS[C@H]2c2cc(OC)ccc2OC)cc1. The van der Waals surface area contributed by atoms with Crippen molar-refractivity contribution in [1.29, 1.82) is 0 Å². The van der Waals surface area contributed by atoms with E-state index in [-0.39, 0.29) is 11.3 Å². The third kappa shape index (κ3) is 3.83. The van der Waals surface area contributed by atoms with Crippen molar-refractivity contribution in [3.63, 3.8) is 0 Å². The highest BCUT2D eigenvalue weighted by atomic mass is 32.2. The summed E-state index contributed by atoms with van der Waals surface area (Å²) in [5.41, 5.74) is 3.19. The molecule has 3 rings (SSSR count). The van der Waals surface area contributed by atoms with Gasteiger partial charge in [0.25, 0.3) is 0 Å². The van der Waals surface area contributed by atoms with Gasteiger partial charge in [-0.2, -0.15) is 0 Å². The zero-order chi connectivity index (χ0) is 18.5. The van der Waals surface area contributed by atoms with Gasteiger partial charge in [0.15, 0.2) is 0 Å². The summed E-state index contributed by atoms with van der Waals surface area (Å²) < 4.78 is 10.9. The molecule has 0 radical (unpaired) electrons. The molecule has 1 amide bonds. The van der Waals surface area contributed by atoms with Gasteiger partial charge in [0.2, 0.25) is 5.91 Å². The van der Waals surface area contributed by atoms with Crippen LogP contribution in [0.2, 0.25) is 0 Å². The van der Waals surface area contributed by atoms with Crippen molar-refractivity contribution < 1.29 is 14.3 Å². The second kappa shape index (κ2) is 8.49. The van der Waals surface area contributed by atoms with E-state index in [1.54, 1.807) is 26.0 Å². The topological polar surface area (TPSA) is 38.8 Å². The lowest BCUT2D eigenvalue weighted by molar-refractivity contribution is -0.115. The molecular weight excluding hydrogens is 346 g/mol. The van der Waals surface area contributed by atoms with Crippen molar-refractivity contribution in [2.45, 2.75) is 31.6 Å². The fraction of sp³-hybridized carbons (Fsp3) is 0.381. The van der Waals surface area contributed by atoms with Crippen LogP contribution in [0.25, 0.3) is 0 Å². The molecule has 1 aliphatic heterocycles. The molecule has 26 heavy (non-hydrogen) atoms. The van der Waals surface area contributed by atoms with E-state index in [4.69, 9.17) is 9.47 Å². The van der Waals surface area contributed by atoms with E-state index in [0.29, 0.717) is 5.75 Å². The number of ether oxygens (including phenoxy) is 2. The lowest BCUT2D eigenvalue weighted by Crippen LogP contribution is -2.28. The van der Waals surface area contributed by atoms with Crippen LogP contribution in [0, 0.1) is 0 Å². The molecule has 0 spiro atoms. The lowest BCUT2D eigenvalue weighted by atomic mass is 10.1. The van der Waals surface area contributed by atoms with E-state index in [0.717, 1.165) is 29.2 Å². The van der Waals surface area contributed by atoms with Crippen LogP contribution in [-0.2, 0) is 11.2 Å². The molecule has 138 valence electrons. The number of thioether (sulfide) groups is 1. The van der Waals surface area contributed by atoms with Gasteiger partial charge in [0, 0.05) is 11.3 Å². The highest BCUT2D eigenvalue weighted by molar-refractivity contribution is 8.00. The summed E-state index contributed by atoms with van der Waals surface area (Å²) in [4.78, 5) is 14.5. The Kier molecular flexibility index (Phi) is 6.09. The average Bonchev–Trinajstić information content (AvgIpc) is 3.07. The van der Waals surface area contributed by atoms with Crippen molar-refractivity contribution in [2.75, 3.05) is 24.9 Å². The van der Waals surface area contributed by atoms with Gasteiger partial charge in [-0.05, 0) is 48.7 Å². The Morgan fingerprint density at radius 3 is 2.54 bits per heavy atom. The van der Waals surface area contributed by atoms with Crippen LogP contribution in [0.3, 0.4) is 0 Å². The fourth-order valence-electron chi connectivity index (χ4n) is 3.17. The summed E-state index contributed by atoms with van der Waals surface area (Å²) in [6, 6.07) is 14.1. The Hall–Kier alpha value is -2.14. The van der Waals surface area contributed by atoms with Gasteiger partial charge in [-0.3, -0.25) is 9.69 Å². The van der Waals surface area contributed by atoms with E-state index >= 15 is 0 Å². The van der Waals surface area contributed by atoms with E-state index in [2.05, 4.69) is 31.2 Å². The number of rotatable bonds is 7. The van der Waals surface area contributed by atoms with Crippen molar-refractivity contribution >= 4 is 23.4 Å². The number of benzene rings is 2. The molecule has 0 aliphatic carbocycles. The van der Waals surface area contributed by atoms with Crippen LogP contribution >= 0.6 is 11.8 Å². The number of hydrogen-bond acceptors (Lipinski definition) is 4. The molecule has 0 bridgehead atoms. The minimum atomic E-state index is -0.117. The van der Waals surface area contributed by atoms with Crippen molar-refractivity contribution in [2.24, 2.45) is 0 Å².